The molecule has 142 valence electrons. The molecule has 8 heteroatoms. The van der Waals surface area contributed by atoms with E-state index in [-0.39, 0.29) is 11.4 Å². The Morgan fingerprint density at radius 3 is 2.58 bits per heavy atom. The summed E-state index contributed by atoms with van der Waals surface area (Å²) < 4.78 is 20.7. The van der Waals surface area contributed by atoms with Gasteiger partial charge in [0.2, 0.25) is 0 Å². The normalized spacial score (nSPS) is 14.2. The fraction of sp³-hybridized carbons (Fsp3) is 0.389. The fourth-order valence-corrected chi connectivity index (χ4v) is 3.21. The van der Waals surface area contributed by atoms with Crippen molar-refractivity contribution in [3.8, 4) is 0 Å². The summed E-state index contributed by atoms with van der Waals surface area (Å²) in [6.45, 7) is 3.92. The van der Waals surface area contributed by atoms with Crippen molar-refractivity contribution in [1.82, 2.24) is 9.29 Å². The third kappa shape index (κ3) is 5.40. The van der Waals surface area contributed by atoms with Crippen LogP contribution in [0.2, 0.25) is 5.02 Å². The molecule has 3 rings (SSSR count). The third-order valence-corrected chi connectivity index (χ3v) is 5.49. The molecule has 3 N–H and O–H groups in total. The van der Waals surface area contributed by atoms with E-state index in [1.165, 1.54) is 31.0 Å². The van der Waals surface area contributed by atoms with Crippen molar-refractivity contribution in [2.75, 3.05) is 17.1 Å². The second kappa shape index (κ2) is 8.79. The Bertz CT molecular complexity index is 777. The largest absolute Gasteiger partial charge is 0.388 e. The van der Waals surface area contributed by atoms with Gasteiger partial charge in [-0.25, -0.2) is 9.11 Å². The first-order chi connectivity index (χ1) is 12.3. The predicted molar refractivity (Wildman–Crippen MR) is 108 cm³/mol. The molecular formula is C18H24ClFN4OS. The Hall–Kier alpha value is -1.70. The van der Waals surface area contributed by atoms with E-state index < -0.39 is 0 Å². The molecule has 26 heavy (non-hydrogen) atoms. The molecule has 0 amide bonds. The number of carbonyl (C=O) groups is 1. The van der Waals surface area contributed by atoms with Crippen LogP contribution in [0.3, 0.4) is 0 Å². The number of aromatic nitrogens is 1. The van der Waals surface area contributed by atoms with Crippen LogP contribution in [0.1, 0.15) is 35.8 Å². The molecular weight excluding hydrogens is 375 g/mol. The van der Waals surface area contributed by atoms with Crippen LogP contribution in [-0.4, -0.2) is 23.4 Å². The first kappa shape index (κ1) is 20.6. The van der Waals surface area contributed by atoms with E-state index in [1.54, 1.807) is 36.9 Å². The molecule has 0 atom stereocenters. The van der Waals surface area contributed by atoms with Gasteiger partial charge in [0, 0.05) is 43.7 Å². The summed E-state index contributed by atoms with van der Waals surface area (Å²) >= 11 is 7.45. The Morgan fingerprint density at radius 2 is 2.08 bits per heavy atom. The highest BCUT2D eigenvalue weighted by molar-refractivity contribution is 7.98. The Labute approximate surface area is 163 Å². The van der Waals surface area contributed by atoms with Gasteiger partial charge in [-0.2, -0.15) is 0 Å². The summed E-state index contributed by atoms with van der Waals surface area (Å²) in [5.41, 5.74) is 3.12. The van der Waals surface area contributed by atoms with Crippen LogP contribution in [0.25, 0.3) is 0 Å². The lowest BCUT2D eigenvalue weighted by Gasteiger charge is -2.10. The molecule has 0 spiro atoms. The van der Waals surface area contributed by atoms with Crippen molar-refractivity contribution in [1.29, 1.82) is 0 Å². The van der Waals surface area contributed by atoms with E-state index in [9.17, 15) is 9.18 Å². The quantitative estimate of drug-likeness (QED) is 0.482. The van der Waals surface area contributed by atoms with E-state index in [0.717, 1.165) is 17.7 Å². The number of anilines is 2. The zero-order chi connectivity index (χ0) is 19.3. The van der Waals surface area contributed by atoms with Crippen LogP contribution in [0, 0.1) is 12.7 Å². The molecule has 2 aromatic rings. The van der Waals surface area contributed by atoms with Gasteiger partial charge < -0.3 is 14.6 Å². The number of carbonyl (C=O) groups excluding carboxylic acids is 1. The SMILES string of the molecule is CNc1ccc(F)c(C)c1.Cn1cc(NSNC2(C)CC2)c(Cl)c1C=O. The van der Waals surface area contributed by atoms with Crippen LogP contribution in [0.15, 0.2) is 24.4 Å². The van der Waals surface area contributed by atoms with Crippen molar-refractivity contribution in [3.05, 3.63) is 46.5 Å². The molecule has 0 saturated heterocycles. The molecule has 0 radical (unpaired) electrons. The molecule has 0 unspecified atom stereocenters. The van der Waals surface area contributed by atoms with Gasteiger partial charge in [-0.05, 0) is 50.5 Å². The second-order valence-electron chi connectivity index (χ2n) is 6.55. The average Bonchev–Trinajstić information content (AvgIpc) is 3.28. The highest BCUT2D eigenvalue weighted by Crippen LogP contribution is 2.37. The van der Waals surface area contributed by atoms with Crippen LogP contribution in [-0.2, 0) is 7.05 Å². The van der Waals surface area contributed by atoms with Crippen LogP contribution in [0.4, 0.5) is 15.8 Å². The summed E-state index contributed by atoms with van der Waals surface area (Å²) in [5.74, 6) is -0.154. The maximum absolute atomic E-state index is 12.6. The van der Waals surface area contributed by atoms with Crippen molar-refractivity contribution in [2.45, 2.75) is 32.2 Å². The predicted octanol–water partition coefficient (Wildman–Crippen LogP) is 4.78. The Kier molecular flexibility index (Phi) is 6.97. The van der Waals surface area contributed by atoms with Crippen molar-refractivity contribution < 1.29 is 9.18 Å². The maximum atomic E-state index is 12.6. The van der Waals surface area contributed by atoms with Gasteiger partial charge in [-0.3, -0.25) is 4.79 Å². The number of nitrogens with zero attached hydrogens (tertiary/aromatic N) is 1. The molecule has 0 aliphatic heterocycles. The lowest BCUT2D eigenvalue weighted by molar-refractivity contribution is 0.111. The number of halogens is 2. The van der Waals surface area contributed by atoms with E-state index in [2.05, 4.69) is 21.7 Å². The van der Waals surface area contributed by atoms with E-state index in [1.807, 2.05) is 7.05 Å². The summed E-state index contributed by atoms with van der Waals surface area (Å²) in [6.07, 6.45) is 4.96. The number of aldehydes is 1. The summed E-state index contributed by atoms with van der Waals surface area (Å²) in [7, 11) is 3.60. The van der Waals surface area contributed by atoms with E-state index in [0.29, 0.717) is 16.3 Å². The zero-order valence-corrected chi connectivity index (χ0v) is 16.9. The minimum Gasteiger partial charge on any atom is -0.388 e. The summed E-state index contributed by atoms with van der Waals surface area (Å²) in [4.78, 5) is 10.7. The third-order valence-electron chi connectivity index (χ3n) is 4.18. The number of benzene rings is 1. The maximum Gasteiger partial charge on any atom is 0.168 e. The first-order valence-corrected chi connectivity index (χ1v) is 9.42. The molecule has 0 bridgehead atoms. The van der Waals surface area contributed by atoms with Crippen LogP contribution in [0.5, 0.6) is 0 Å². The summed E-state index contributed by atoms with van der Waals surface area (Å²) in [5, 5.41) is 3.39. The molecule has 5 nitrogen and oxygen atoms in total. The lowest BCUT2D eigenvalue weighted by Crippen LogP contribution is -2.21. The van der Waals surface area contributed by atoms with Crippen molar-refractivity contribution in [3.63, 3.8) is 0 Å². The van der Waals surface area contributed by atoms with Crippen LogP contribution >= 0.6 is 23.7 Å². The molecule has 1 saturated carbocycles. The van der Waals surface area contributed by atoms with Gasteiger partial charge in [-0.15, -0.1) is 0 Å². The van der Waals surface area contributed by atoms with Gasteiger partial charge in [0.25, 0.3) is 0 Å². The number of hydrogen-bond donors (Lipinski definition) is 3. The van der Waals surface area contributed by atoms with Crippen LogP contribution < -0.4 is 14.8 Å². The lowest BCUT2D eigenvalue weighted by atomic mass is 10.2. The van der Waals surface area contributed by atoms with Gasteiger partial charge >= 0.3 is 0 Å². The molecule has 1 aromatic carbocycles. The van der Waals surface area contributed by atoms with Crippen molar-refractivity contribution >= 4 is 41.4 Å². The van der Waals surface area contributed by atoms with Gasteiger partial charge in [0.05, 0.1) is 10.7 Å². The molecule has 1 aliphatic carbocycles. The average molecular weight is 399 g/mol. The minimum absolute atomic E-state index is 0.154. The monoisotopic (exact) mass is 398 g/mol. The number of aryl methyl sites for hydroxylation is 2. The number of nitrogens with one attached hydrogen (secondary N) is 3. The van der Waals surface area contributed by atoms with E-state index in [4.69, 9.17) is 11.6 Å². The molecule has 1 aliphatic rings. The summed E-state index contributed by atoms with van der Waals surface area (Å²) in [6, 6.07) is 4.94. The van der Waals surface area contributed by atoms with Crippen molar-refractivity contribution in [2.24, 2.45) is 7.05 Å². The zero-order valence-electron chi connectivity index (χ0n) is 15.3. The standard InChI is InChI=1S/C10H14ClN3OS.C8H10FN/c1-10(3-4-10)13-16-12-7-5-14(2)8(6-15)9(7)11;1-6-5-7(10-2)3-4-8(6)9/h5-6,12-13H,3-4H2,1-2H3;3-5,10H,1-2H3. The highest BCUT2D eigenvalue weighted by atomic mass is 35.5. The topological polar surface area (TPSA) is 58.1 Å². The fourth-order valence-electron chi connectivity index (χ4n) is 2.11. The number of rotatable bonds is 6. The van der Waals surface area contributed by atoms with Gasteiger partial charge in [0.1, 0.15) is 11.5 Å². The number of hydrogen-bond acceptors (Lipinski definition) is 5. The molecule has 1 fully saturated rings. The highest BCUT2D eigenvalue weighted by Gasteiger charge is 2.37. The smallest absolute Gasteiger partial charge is 0.168 e. The Balaban J connectivity index is 0.000000209. The first-order valence-electron chi connectivity index (χ1n) is 8.22. The van der Waals surface area contributed by atoms with Gasteiger partial charge in [-0.1, -0.05) is 11.6 Å². The Morgan fingerprint density at radius 1 is 1.38 bits per heavy atom. The minimum atomic E-state index is -0.154. The van der Waals surface area contributed by atoms with Gasteiger partial charge in [0.15, 0.2) is 6.29 Å². The second-order valence-corrected chi connectivity index (χ2v) is 7.54. The molecule has 1 aromatic heterocycles. The van der Waals surface area contributed by atoms with E-state index >= 15 is 0 Å². The molecule has 1 heterocycles.